The van der Waals surface area contributed by atoms with Crippen LogP contribution in [0.3, 0.4) is 0 Å². The molecule has 1 aromatic carbocycles. The van der Waals surface area contributed by atoms with Gasteiger partial charge >= 0.3 is 0 Å². The van der Waals surface area contributed by atoms with Crippen LogP contribution in [0.1, 0.15) is 6.42 Å². The van der Waals surface area contributed by atoms with Gasteiger partial charge in [-0.3, -0.25) is 9.59 Å². The van der Waals surface area contributed by atoms with E-state index in [0.29, 0.717) is 19.6 Å². The number of morpholine rings is 1. The van der Waals surface area contributed by atoms with Crippen LogP contribution in [-0.2, 0) is 20.9 Å². The highest BCUT2D eigenvalue weighted by Gasteiger charge is 2.17. The Kier molecular flexibility index (Phi) is 5.35. The number of benzene rings is 1. The van der Waals surface area contributed by atoms with Crippen LogP contribution in [0, 0.1) is 0 Å². The average molecular weight is 344 g/mol. The minimum Gasteiger partial charge on any atom is -0.378 e. The zero-order valence-electron chi connectivity index (χ0n) is 14.6. The Hall–Kier alpha value is -2.38. The van der Waals surface area contributed by atoms with Gasteiger partial charge in [-0.2, -0.15) is 0 Å². The molecule has 1 atom stereocenters. The summed E-state index contributed by atoms with van der Waals surface area (Å²) < 4.78 is 7.26. The molecule has 7 nitrogen and oxygen atoms in total. The maximum absolute atomic E-state index is 12.2. The minimum atomic E-state index is -0.0511. The Balaban J connectivity index is 1.69. The molecule has 3 rings (SSSR count). The summed E-state index contributed by atoms with van der Waals surface area (Å²) in [6.07, 6.45) is 2.26. The molecule has 25 heavy (non-hydrogen) atoms. The third kappa shape index (κ3) is 4.37. The number of amides is 2. The lowest BCUT2D eigenvalue weighted by Gasteiger charge is -2.23. The van der Waals surface area contributed by atoms with Gasteiger partial charge in [0.2, 0.25) is 11.8 Å². The zero-order chi connectivity index (χ0) is 17.8. The monoisotopic (exact) mass is 344 g/mol. The van der Waals surface area contributed by atoms with Gasteiger partial charge in [-0.05, 0) is 23.6 Å². The molecule has 2 aromatic rings. The first-order chi connectivity index (χ1) is 12.0. The number of carbonyl (C=O) groups excluding carboxylic acids is 2. The number of ether oxygens (including phenoxy) is 1. The van der Waals surface area contributed by atoms with Crippen molar-refractivity contribution < 1.29 is 14.3 Å². The molecule has 1 aliphatic heterocycles. The van der Waals surface area contributed by atoms with Crippen molar-refractivity contribution in [3.05, 3.63) is 30.5 Å². The van der Waals surface area contributed by atoms with E-state index in [0.717, 1.165) is 23.1 Å². The Labute approximate surface area is 146 Å². The number of nitrogens with zero attached hydrogens (tertiary/aromatic N) is 2. The van der Waals surface area contributed by atoms with Crippen molar-refractivity contribution in [3.8, 4) is 0 Å². The number of aromatic nitrogens is 1. The van der Waals surface area contributed by atoms with Crippen LogP contribution in [-0.4, -0.2) is 61.2 Å². The van der Waals surface area contributed by atoms with Crippen molar-refractivity contribution in [3.63, 3.8) is 0 Å². The molecule has 2 N–H and O–H groups in total. The molecule has 1 aliphatic rings. The van der Waals surface area contributed by atoms with E-state index in [1.165, 1.54) is 0 Å². The van der Waals surface area contributed by atoms with Crippen molar-refractivity contribution in [2.24, 2.45) is 0 Å². The summed E-state index contributed by atoms with van der Waals surface area (Å²) in [4.78, 5) is 25.8. The van der Waals surface area contributed by atoms with E-state index in [4.69, 9.17) is 4.74 Å². The standard InChI is InChI=1S/C18H24N4O3/c1-21(2)18(24)11-22-7-5-13-3-4-14(9-16(13)22)20-17(23)10-15-12-25-8-6-19-15/h3-5,7,9,15,19H,6,8,10-12H2,1-2H3,(H,20,23). The van der Waals surface area contributed by atoms with Crippen LogP contribution in [0.5, 0.6) is 0 Å². The molecule has 0 spiro atoms. The number of carbonyl (C=O) groups is 2. The van der Waals surface area contributed by atoms with E-state index in [9.17, 15) is 9.59 Å². The SMILES string of the molecule is CN(C)C(=O)Cn1ccc2ccc(NC(=O)CC3COCCN3)cc21. The van der Waals surface area contributed by atoms with Crippen LogP contribution in [0.25, 0.3) is 10.9 Å². The van der Waals surface area contributed by atoms with Gasteiger partial charge < -0.3 is 24.8 Å². The fourth-order valence-electron chi connectivity index (χ4n) is 2.87. The molecule has 134 valence electrons. The second-order valence-electron chi connectivity index (χ2n) is 6.48. The summed E-state index contributed by atoms with van der Waals surface area (Å²) >= 11 is 0. The summed E-state index contributed by atoms with van der Waals surface area (Å²) in [5.41, 5.74) is 1.65. The molecule has 2 amide bonds. The molecule has 2 heterocycles. The van der Waals surface area contributed by atoms with Crippen LogP contribution < -0.4 is 10.6 Å². The van der Waals surface area contributed by atoms with Gasteiger partial charge in [0.15, 0.2) is 0 Å². The summed E-state index contributed by atoms with van der Waals surface area (Å²) in [7, 11) is 3.48. The van der Waals surface area contributed by atoms with Crippen molar-refractivity contribution in [2.75, 3.05) is 39.2 Å². The second-order valence-corrected chi connectivity index (χ2v) is 6.48. The van der Waals surface area contributed by atoms with Crippen molar-refractivity contribution >= 4 is 28.4 Å². The Morgan fingerprint density at radius 3 is 2.92 bits per heavy atom. The first-order valence-electron chi connectivity index (χ1n) is 8.43. The Bertz CT molecular complexity index is 763. The molecule has 1 fully saturated rings. The van der Waals surface area contributed by atoms with Gasteiger partial charge in [0.25, 0.3) is 0 Å². The highest BCUT2D eigenvalue weighted by Crippen LogP contribution is 2.21. The molecule has 1 aromatic heterocycles. The summed E-state index contributed by atoms with van der Waals surface area (Å²) in [6, 6.07) is 7.75. The molecule has 0 aliphatic carbocycles. The highest BCUT2D eigenvalue weighted by atomic mass is 16.5. The van der Waals surface area contributed by atoms with Gasteiger partial charge in [0.05, 0.1) is 18.7 Å². The first kappa shape index (κ1) is 17.4. The number of likely N-dealkylation sites (N-methyl/N-ethyl adjacent to an activating group) is 1. The van der Waals surface area contributed by atoms with Gasteiger partial charge in [-0.1, -0.05) is 6.07 Å². The average Bonchev–Trinajstić information content (AvgIpc) is 2.98. The molecular weight excluding hydrogens is 320 g/mol. The van der Waals surface area contributed by atoms with Crippen LogP contribution in [0.4, 0.5) is 5.69 Å². The van der Waals surface area contributed by atoms with Gasteiger partial charge in [0.1, 0.15) is 6.54 Å². The first-order valence-corrected chi connectivity index (χ1v) is 8.43. The van der Waals surface area contributed by atoms with Crippen molar-refractivity contribution in [1.82, 2.24) is 14.8 Å². The summed E-state index contributed by atoms with van der Waals surface area (Å²) in [5, 5.41) is 7.24. The van der Waals surface area contributed by atoms with Gasteiger partial charge in [-0.25, -0.2) is 0 Å². The predicted molar refractivity (Wildman–Crippen MR) is 96.5 cm³/mol. The number of hydrogen-bond acceptors (Lipinski definition) is 4. The van der Waals surface area contributed by atoms with Gasteiger partial charge in [0, 0.05) is 45.0 Å². The third-order valence-corrected chi connectivity index (χ3v) is 4.29. The van der Waals surface area contributed by atoms with E-state index in [1.54, 1.807) is 19.0 Å². The fraction of sp³-hybridized carbons (Fsp3) is 0.444. The maximum atomic E-state index is 12.2. The largest absolute Gasteiger partial charge is 0.378 e. The zero-order valence-corrected chi connectivity index (χ0v) is 14.6. The quantitative estimate of drug-likeness (QED) is 0.850. The van der Waals surface area contributed by atoms with Crippen LogP contribution >= 0.6 is 0 Å². The Morgan fingerprint density at radius 2 is 2.20 bits per heavy atom. The number of anilines is 1. The van der Waals surface area contributed by atoms with Crippen LogP contribution in [0.15, 0.2) is 30.5 Å². The van der Waals surface area contributed by atoms with Crippen molar-refractivity contribution in [2.45, 2.75) is 19.0 Å². The van der Waals surface area contributed by atoms with Gasteiger partial charge in [-0.15, -0.1) is 0 Å². The molecule has 7 heteroatoms. The molecule has 0 bridgehead atoms. The van der Waals surface area contributed by atoms with E-state index < -0.39 is 0 Å². The number of hydrogen-bond donors (Lipinski definition) is 2. The highest BCUT2D eigenvalue weighted by molar-refractivity contribution is 5.94. The van der Waals surface area contributed by atoms with E-state index in [-0.39, 0.29) is 24.4 Å². The second kappa shape index (κ2) is 7.67. The molecule has 0 radical (unpaired) electrons. The minimum absolute atomic E-state index is 0.0234. The lowest BCUT2D eigenvalue weighted by Crippen LogP contribution is -2.43. The predicted octanol–water partition coefficient (Wildman–Crippen LogP) is 1.05. The van der Waals surface area contributed by atoms with Crippen LogP contribution in [0.2, 0.25) is 0 Å². The van der Waals surface area contributed by atoms with E-state index >= 15 is 0 Å². The molecule has 0 saturated carbocycles. The van der Waals surface area contributed by atoms with E-state index in [1.807, 2.05) is 35.0 Å². The Morgan fingerprint density at radius 1 is 1.36 bits per heavy atom. The normalized spacial score (nSPS) is 17.4. The molecule has 1 saturated heterocycles. The lowest BCUT2D eigenvalue weighted by molar-refractivity contribution is -0.129. The van der Waals surface area contributed by atoms with E-state index in [2.05, 4.69) is 10.6 Å². The number of fused-ring (bicyclic) bond motifs is 1. The lowest BCUT2D eigenvalue weighted by atomic mass is 10.2. The molecule has 1 unspecified atom stereocenters. The third-order valence-electron chi connectivity index (χ3n) is 4.29. The summed E-state index contributed by atoms with van der Waals surface area (Å²) in [6.45, 7) is 2.30. The number of rotatable bonds is 5. The number of nitrogens with one attached hydrogen (secondary N) is 2. The summed E-state index contributed by atoms with van der Waals surface area (Å²) in [5.74, 6) is -0.0277. The maximum Gasteiger partial charge on any atom is 0.241 e. The topological polar surface area (TPSA) is 75.6 Å². The smallest absolute Gasteiger partial charge is 0.241 e. The molecular formula is C18H24N4O3. The fourth-order valence-corrected chi connectivity index (χ4v) is 2.87. The van der Waals surface area contributed by atoms with Crippen molar-refractivity contribution in [1.29, 1.82) is 0 Å².